The molecule has 4 heteroatoms. The largest absolute Gasteiger partial charge is 0.326 e. The van der Waals surface area contributed by atoms with Crippen molar-refractivity contribution in [2.24, 2.45) is 11.8 Å². The van der Waals surface area contributed by atoms with Crippen molar-refractivity contribution < 1.29 is 4.79 Å². The standard InChI is InChI=1S/C17H25N3O/c1-13-10-18-11-16(13)17(21)19-15-6-4-14(5-7-15)12-20-8-2-3-9-20/h4-7,13,16,18H,2-3,8-12H2,1H3,(H,19,21)/t13-,16-/m1/s1. The Balaban J connectivity index is 1.55. The van der Waals surface area contributed by atoms with Crippen molar-refractivity contribution >= 4 is 11.6 Å². The molecule has 0 saturated carbocycles. The Morgan fingerprint density at radius 2 is 1.95 bits per heavy atom. The molecule has 4 nitrogen and oxygen atoms in total. The molecule has 0 unspecified atom stereocenters. The number of benzene rings is 1. The van der Waals surface area contributed by atoms with E-state index in [1.165, 1.54) is 31.5 Å². The van der Waals surface area contributed by atoms with E-state index in [0.717, 1.165) is 25.3 Å². The lowest BCUT2D eigenvalue weighted by Gasteiger charge is -2.16. The van der Waals surface area contributed by atoms with Gasteiger partial charge in [-0.25, -0.2) is 0 Å². The zero-order valence-corrected chi connectivity index (χ0v) is 12.8. The van der Waals surface area contributed by atoms with Crippen molar-refractivity contribution in [1.29, 1.82) is 0 Å². The van der Waals surface area contributed by atoms with Crippen LogP contribution in [0.25, 0.3) is 0 Å². The second-order valence-electron chi connectivity index (χ2n) is 6.41. The number of hydrogen-bond acceptors (Lipinski definition) is 3. The summed E-state index contributed by atoms with van der Waals surface area (Å²) in [4.78, 5) is 14.7. The molecule has 2 saturated heterocycles. The first-order valence-electron chi connectivity index (χ1n) is 8.05. The Morgan fingerprint density at radius 1 is 1.24 bits per heavy atom. The lowest BCUT2D eigenvalue weighted by Crippen LogP contribution is -2.27. The molecule has 0 bridgehead atoms. The van der Waals surface area contributed by atoms with E-state index in [-0.39, 0.29) is 11.8 Å². The van der Waals surface area contributed by atoms with Gasteiger partial charge in [0.05, 0.1) is 5.92 Å². The van der Waals surface area contributed by atoms with Crippen molar-refractivity contribution in [3.63, 3.8) is 0 Å². The normalized spacial score (nSPS) is 26.1. The summed E-state index contributed by atoms with van der Waals surface area (Å²) in [6, 6.07) is 8.31. The molecule has 0 radical (unpaired) electrons. The highest BCUT2D eigenvalue weighted by molar-refractivity contribution is 5.93. The van der Waals surface area contributed by atoms with Crippen LogP contribution in [0.15, 0.2) is 24.3 Å². The molecule has 114 valence electrons. The van der Waals surface area contributed by atoms with Crippen molar-refractivity contribution in [3.05, 3.63) is 29.8 Å². The summed E-state index contributed by atoms with van der Waals surface area (Å²) < 4.78 is 0. The predicted molar refractivity (Wildman–Crippen MR) is 85.1 cm³/mol. The fourth-order valence-electron chi connectivity index (χ4n) is 3.29. The minimum atomic E-state index is 0.0919. The number of nitrogens with zero attached hydrogens (tertiary/aromatic N) is 1. The summed E-state index contributed by atoms with van der Waals surface area (Å²) in [7, 11) is 0. The average Bonchev–Trinajstić information content (AvgIpc) is 3.12. The predicted octanol–water partition coefficient (Wildman–Crippen LogP) is 2.08. The molecule has 2 aliphatic rings. The van der Waals surface area contributed by atoms with Gasteiger partial charge >= 0.3 is 0 Å². The summed E-state index contributed by atoms with van der Waals surface area (Å²) >= 11 is 0. The van der Waals surface area contributed by atoms with Gasteiger partial charge in [-0.3, -0.25) is 9.69 Å². The first-order valence-corrected chi connectivity index (χ1v) is 8.05. The smallest absolute Gasteiger partial charge is 0.229 e. The van der Waals surface area contributed by atoms with Crippen LogP contribution in [-0.4, -0.2) is 37.0 Å². The van der Waals surface area contributed by atoms with Crippen molar-refractivity contribution in [3.8, 4) is 0 Å². The van der Waals surface area contributed by atoms with Crippen LogP contribution >= 0.6 is 0 Å². The molecule has 1 amide bonds. The zero-order valence-electron chi connectivity index (χ0n) is 12.8. The SMILES string of the molecule is C[C@@H]1CNC[C@H]1C(=O)Nc1ccc(CN2CCCC2)cc1. The Bertz CT molecular complexity index is 479. The number of rotatable bonds is 4. The minimum Gasteiger partial charge on any atom is -0.326 e. The van der Waals surface area contributed by atoms with Gasteiger partial charge in [0, 0.05) is 18.8 Å². The topological polar surface area (TPSA) is 44.4 Å². The van der Waals surface area contributed by atoms with Gasteiger partial charge in [-0.1, -0.05) is 19.1 Å². The van der Waals surface area contributed by atoms with E-state index in [0.29, 0.717) is 5.92 Å². The van der Waals surface area contributed by atoms with Gasteiger partial charge in [0.25, 0.3) is 0 Å². The van der Waals surface area contributed by atoms with Crippen LogP contribution in [0.1, 0.15) is 25.3 Å². The van der Waals surface area contributed by atoms with Gasteiger partial charge in [0.15, 0.2) is 0 Å². The Kier molecular flexibility index (Phi) is 4.56. The van der Waals surface area contributed by atoms with Gasteiger partial charge in [-0.2, -0.15) is 0 Å². The van der Waals surface area contributed by atoms with Gasteiger partial charge in [0.2, 0.25) is 5.91 Å². The van der Waals surface area contributed by atoms with Crippen LogP contribution in [0.5, 0.6) is 0 Å². The van der Waals surface area contributed by atoms with E-state index in [1.54, 1.807) is 0 Å². The van der Waals surface area contributed by atoms with E-state index in [2.05, 4.69) is 34.6 Å². The maximum absolute atomic E-state index is 12.2. The molecule has 2 N–H and O–H groups in total. The molecular weight excluding hydrogens is 262 g/mol. The molecule has 1 aromatic carbocycles. The van der Waals surface area contributed by atoms with E-state index < -0.39 is 0 Å². The molecule has 0 aliphatic carbocycles. The summed E-state index contributed by atoms with van der Waals surface area (Å²) in [6.07, 6.45) is 2.64. The first-order chi connectivity index (χ1) is 10.2. The Morgan fingerprint density at radius 3 is 2.57 bits per heavy atom. The van der Waals surface area contributed by atoms with Crippen LogP contribution in [0, 0.1) is 11.8 Å². The molecule has 3 rings (SSSR count). The molecule has 2 atom stereocenters. The molecule has 2 aliphatic heterocycles. The number of amides is 1. The highest BCUT2D eigenvalue weighted by Crippen LogP contribution is 2.19. The number of nitrogens with one attached hydrogen (secondary N) is 2. The molecule has 1 aromatic rings. The van der Waals surface area contributed by atoms with Crippen LogP contribution < -0.4 is 10.6 Å². The lowest BCUT2D eigenvalue weighted by molar-refractivity contribution is -0.120. The fraction of sp³-hybridized carbons (Fsp3) is 0.588. The van der Waals surface area contributed by atoms with Gasteiger partial charge in [-0.05, 0) is 56.1 Å². The van der Waals surface area contributed by atoms with Crippen LogP contribution in [0.4, 0.5) is 5.69 Å². The highest BCUT2D eigenvalue weighted by Gasteiger charge is 2.29. The first kappa shape index (κ1) is 14.5. The van der Waals surface area contributed by atoms with Crippen LogP contribution in [0.2, 0.25) is 0 Å². The summed E-state index contributed by atoms with van der Waals surface area (Å²) in [5, 5.41) is 6.31. The van der Waals surface area contributed by atoms with E-state index in [9.17, 15) is 4.79 Å². The van der Waals surface area contributed by atoms with Gasteiger partial charge in [-0.15, -0.1) is 0 Å². The molecule has 21 heavy (non-hydrogen) atoms. The molecule has 0 aromatic heterocycles. The summed E-state index contributed by atoms with van der Waals surface area (Å²) in [5.74, 6) is 0.647. The van der Waals surface area contributed by atoms with Crippen molar-refractivity contribution in [2.45, 2.75) is 26.3 Å². The number of anilines is 1. The maximum Gasteiger partial charge on any atom is 0.229 e. The van der Waals surface area contributed by atoms with E-state index in [4.69, 9.17) is 0 Å². The van der Waals surface area contributed by atoms with E-state index in [1.807, 2.05) is 12.1 Å². The number of carbonyl (C=O) groups excluding carboxylic acids is 1. The van der Waals surface area contributed by atoms with E-state index >= 15 is 0 Å². The Labute approximate surface area is 126 Å². The lowest BCUT2D eigenvalue weighted by atomic mass is 9.97. The number of hydrogen-bond donors (Lipinski definition) is 2. The monoisotopic (exact) mass is 287 g/mol. The molecule has 0 spiro atoms. The third-order valence-electron chi connectivity index (χ3n) is 4.68. The second-order valence-corrected chi connectivity index (χ2v) is 6.41. The third kappa shape index (κ3) is 3.63. The Hall–Kier alpha value is -1.39. The summed E-state index contributed by atoms with van der Waals surface area (Å²) in [5.41, 5.74) is 2.23. The van der Waals surface area contributed by atoms with Gasteiger partial charge < -0.3 is 10.6 Å². The number of likely N-dealkylation sites (tertiary alicyclic amines) is 1. The number of carbonyl (C=O) groups is 1. The maximum atomic E-state index is 12.2. The quantitative estimate of drug-likeness (QED) is 0.891. The minimum absolute atomic E-state index is 0.0919. The third-order valence-corrected chi connectivity index (χ3v) is 4.68. The second kappa shape index (κ2) is 6.58. The van der Waals surface area contributed by atoms with Gasteiger partial charge in [0.1, 0.15) is 0 Å². The zero-order chi connectivity index (χ0) is 14.7. The molecule has 2 fully saturated rings. The van der Waals surface area contributed by atoms with Crippen molar-refractivity contribution in [2.75, 3.05) is 31.5 Å². The fourth-order valence-corrected chi connectivity index (χ4v) is 3.29. The molecular formula is C17H25N3O. The average molecular weight is 287 g/mol. The van der Waals surface area contributed by atoms with Crippen LogP contribution in [-0.2, 0) is 11.3 Å². The highest BCUT2D eigenvalue weighted by atomic mass is 16.1. The van der Waals surface area contributed by atoms with Crippen LogP contribution in [0.3, 0.4) is 0 Å². The molecule has 2 heterocycles. The summed E-state index contributed by atoms with van der Waals surface area (Å²) in [6.45, 7) is 7.31. The van der Waals surface area contributed by atoms with Crippen molar-refractivity contribution in [1.82, 2.24) is 10.2 Å².